The summed E-state index contributed by atoms with van der Waals surface area (Å²) in [6, 6.07) is 6.61. The molecule has 6 nitrogen and oxygen atoms in total. The van der Waals surface area contributed by atoms with E-state index in [1.54, 1.807) is 35.1 Å². The Balaban J connectivity index is 1.93. The van der Waals surface area contributed by atoms with E-state index in [1.807, 2.05) is 0 Å². The molecule has 0 spiro atoms. The Morgan fingerprint density at radius 2 is 2.19 bits per heavy atom. The molecule has 0 atom stereocenters. The number of rotatable bonds is 6. The zero-order valence-corrected chi connectivity index (χ0v) is 11.8. The number of hydrogen-bond acceptors (Lipinski definition) is 4. The van der Waals surface area contributed by atoms with Gasteiger partial charge < -0.3 is 15.2 Å². The highest BCUT2D eigenvalue weighted by Crippen LogP contribution is 2.13. The minimum absolute atomic E-state index is 0.0237. The molecule has 0 radical (unpaired) electrons. The van der Waals surface area contributed by atoms with Gasteiger partial charge in [0, 0.05) is 29.3 Å². The van der Waals surface area contributed by atoms with Crippen LogP contribution in [0.25, 0.3) is 0 Å². The van der Waals surface area contributed by atoms with Gasteiger partial charge in [0.1, 0.15) is 0 Å². The predicted molar refractivity (Wildman–Crippen MR) is 75.9 cm³/mol. The van der Waals surface area contributed by atoms with Crippen molar-refractivity contribution in [3.63, 3.8) is 0 Å². The molecular weight excluding hydrogens is 294 g/mol. The highest BCUT2D eigenvalue weighted by Gasteiger charge is 2.07. The summed E-state index contributed by atoms with van der Waals surface area (Å²) >= 11 is 5.83. The quantitative estimate of drug-likeness (QED) is 0.872. The highest BCUT2D eigenvalue weighted by molar-refractivity contribution is 6.31. The van der Waals surface area contributed by atoms with E-state index < -0.39 is 5.97 Å². The first-order valence-electron chi connectivity index (χ1n) is 6.34. The molecule has 21 heavy (non-hydrogen) atoms. The maximum Gasteiger partial charge on any atom is 0.255 e. The third-order valence-electron chi connectivity index (χ3n) is 2.75. The van der Waals surface area contributed by atoms with Gasteiger partial charge in [-0.2, -0.15) is 5.10 Å². The number of carbonyl (C=O) groups is 2. The van der Waals surface area contributed by atoms with Crippen LogP contribution in [0.15, 0.2) is 36.7 Å². The zero-order chi connectivity index (χ0) is 15.2. The molecule has 0 saturated carbocycles. The fourth-order valence-corrected chi connectivity index (χ4v) is 1.96. The van der Waals surface area contributed by atoms with Gasteiger partial charge in [-0.25, -0.2) is 0 Å². The second-order valence-corrected chi connectivity index (χ2v) is 4.87. The van der Waals surface area contributed by atoms with Crippen LogP contribution in [0.2, 0.25) is 5.02 Å². The monoisotopic (exact) mass is 306 g/mol. The average Bonchev–Trinajstić information content (AvgIpc) is 2.86. The van der Waals surface area contributed by atoms with Gasteiger partial charge in [-0.1, -0.05) is 17.7 Å². The Labute approximate surface area is 126 Å². The standard InChI is InChI=1S/C14H14ClN3O3/c15-11-4-1-3-10(7-11)14(21)17-12-8-16-18(9-12)6-2-5-13(19)20/h1,3-4,7-9H,2,5-6H2,(H,17,21)(H,19,20)/p-1. The maximum atomic E-state index is 12.0. The number of anilines is 1. The first-order valence-corrected chi connectivity index (χ1v) is 6.71. The predicted octanol–water partition coefficient (Wildman–Crippen LogP) is 1.32. The number of nitrogens with zero attached hydrogens (tertiary/aromatic N) is 2. The summed E-state index contributed by atoms with van der Waals surface area (Å²) in [5.41, 5.74) is 0.987. The van der Waals surface area contributed by atoms with Crippen molar-refractivity contribution >= 4 is 29.2 Å². The normalized spacial score (nSPS) is 10.3. The van der Waals surface area contributed by atoms with Crippen molar-refractivity contribution in [2.24, 2.45) is 0 Å². The van der Waals surface area contributed by atoms with Crippen LogP contribution in [-0.4, -0.2) is 21.7 Å². The van der Waals surface area contributed by atoms with Crippen molar-refractivity contribution in [3.05, 3.63) is 47.2 Å². The number of hydrogen-bond donors (Lipinski definition) is 1. The van der Waals surface area contributed by atoms with E-state index >= 15 is 0 Å². The minimum atomic E-state index is -1.09. The van der Waals surface area contributed by atoms with Gasteiger partial charge in [-0.3, -0.25) is 9.48 Å². The molecule has 0 bridgehead atoms. The number of halogens is 1. The van der Waals surface area contributed by atoms with Gasteiger partial charge in [-0.05, 0) is 31.0 Å². The summed E-state index contributed by atoms with van der Waals surface area (Å²) in [6.45, 7) is 0.445. The summed E-state index contributed by atoms with van der Waals surface area (Å²) in [5.74, 6) is -1.37. The van der Waals surface area contributed by atoms with E-state index in [1.165, 1.54) is 6.20 Å². The Hall–Kier alpha value is -2.34. The molecule has 0 aliphatic carbocycles. The summed E-state index contributed by atoms with van der Waals surface area (Å²) in [7, 11) is 0. The summed E-state index contributed by atoms with van der Waals surface area (Å²) < 4.78 is 1.57. The first kappa shape index (κ1) is 15.1. The van der Waals surface area contributed by atoms with Crippen LogP contribution in [0, 0.1) is 0 Å². The lowest BCUT2D eigenvalue weighted by atomic mass is 10.2. The fourth-order valence-electron chi connectivity index (χ4n) is 1.77. The van der Waals surface area contributed by atoms with Crippen LogP contribution in [0.4, 0.5) is 5.69 Å². The number of aliphatic carboxylic acids is 1. The van der Waals surface area contributed by atoms with Crippen LogP contribution in [0.1, 0.15) is 23.2 Å². The Bertz CT molecular complexity index is 654. The lowest BCUT2D eigenvalue weighted by Crippen LogP contribution is -2.22. The maximum absolute atomic E-state index is 12.0. The molecule has 2 rings (SSSR count). The van der Waals surface area contributed by atoms with Crippen molar-refractivity contribution in [2.75, 3.05) is 5.32 Å². The molecule has 110 valence electrons. The topological polar surface area (TPSA) is 87.0 Å². The van der Waals surface area contributed by atoms with Gasteiger partial charge in [0.25, 0.3) is 5.91 Å². The van der Waals surface area contributed by atoms with Crippen molar-refractivity contribution in [2.45, 2.75) is 19.4 Å². The van der Waals surface area contributed by atoms with Gasteiger partial charge in [0.05, 0.1) is 11.9 Å². The van der Waals surface area contributed by atoms with E-state index in [0.29, 0.717) is 29.2 Å². The van der Waals surface area contributed by atoms with E-state index in [-0.39, 0.29) is 12.3 Å². The Morgan fingerprint density at radius 3 is 2.90 bits per heavy atom. The number of amides is 1. The van der Waals surface area contributed by atoms with Crippen LogP contribution in [0.3, 0.4) is 0 Å². The summed E-state index contributed by atoms with van der Waals surface area (Å²) in [5, 5.41) is 17.5. The van der Waals surface area contributed by atoms with Crippen molar-refractivity contribution in [1.82, 2.24) is 9.78 Å². The van der Waals surface area contributed by atoms with Crippen LogP contribution in [0.5, 0.6) is 0 Å². The number of carboxylic acids is 1. The van der Waals surface area contributed by atoms with Crippen molar-refractivity contribution in [1.29, 1.82) is 0 Å². The first-order chi connectivity index (χ1) is 10.0. The van der Waals surface area contributed by atoms with Crippen LogP contribution in [-0.2, 0) is 11.3 Å². The average molecular weight is 307 g/mol. The second-order valence-electron chi connectivity index (χ2n) is 4.43. The molecule has 1 amide bonds. The number of carboxylic acid groups (broad SMARTS) is 1. The largest absolute Gasteiger partial charge is 0.550 e. The Kier molecular flexibility index (Phi) is 4.94. The number of nitrogens with one attached hydrogen (secondary N) is 1. The molecular formula is C14H13ClN3O3-. The van der Waals surface area contributed by atoms with Gasteiger partial charge >= 0.3 is 0 Å². The van der Waals surface area contributed by atoms with Crippen LogP contribution < -0.4 is 10.4 Å². The molecule has 1 heterocycles. The number of aromatic nitrogens is 2. The van der Waals surface area contributed by atoms with Crippen LogP contribution >= 0.6 is 11.6 Å². The molecule has 2 aromatic rings. The molecule has 1 aromatic carbocycles. The summed E-state index contributed by atoms with van der Waals surface area (Å²) in [4.78, 5) is 22.3. The second kappa shape index (κ2) is 6.90. The molecule has 0 unspecified atom stereocenters. The molecule has 1 N–H and O–H groups in total. The third kappa shape index (κ3) is 4.61. The molecule has 1 aromatic heterocycles. The summed E-state index contributed by atoms with van der Waals surface area (Å²) in [6.07, 6.45) is 3.54. The van der Waals surface area contributed by atoms with Crippen molar-refractivity contribution in [3.8, 4) is 0 Å². The number of aryl methyl sites for hydroxylation is 1. The van der Waals surface area contributed by atoms with E-state index in [4.69, 9.17) is 11.6 Å². The lowest BCUT2D eigenvalue weighted by Gasteiger charge is -2.03. The van der Waals surface area contributed by atoms with E-state index in [2.05, 4.69) is 10.4 Å². The smallest absolute Gasteiger partial charge is 0.255 e. The van der Waals surface area contributed by atoms with Gasteiger partial charge in [0.2, 0.25) is 0 Å². The van der Waals surface area contributed by atoms with Crippen molar-refractivity contribution < 1.29 is 14.7 Å². The number of carbonyl (C=O) groups excluding carboxylic acids is 2. The van der Waals surface area contributed by atoms with Gasteiger partial charge in [0.15, 0.2) is 0 Å². The third-order valence-corrected chi connectivity index (χ3v) is 2.98. The SMILES string of the molecule is O=C([O-])CCCn1cc(NC(=O)c2cccc(Cl)c2)cn1. The minimum Gasteiger partial charge on any atom is -0.550 e. The highest BCUT2D eigenvalue weighted by atomic mass is 35.5. The molecule has 0 fully saturated rings. The molecule has 7 heteroatoms. The molecule has 0 aliphatic rings. The van der Waals surface area contributed by atoms with E-state index in [0.717, 1.165) is 0 Å². The molecule has 0 aliphatic heterocycles. The van der Waals surface area contributed by atoms with Gasteiger partial charge in [-0.15, -0.1) is 0 Å². The Morgan fingerprint density at radius 1 is 1.38 bits per heavy atom. The van der Waals surface area contributed by atoms with E-state index in [9.17, 15) is 14.7 Å². The lowest BCUT2D eigenvalue weighted by molar-refractivity contribution is -0.305. The fraction of sp³-hybridized carbons (Fsp3) is 0.214. The number of benzene rings is 1. The molecule has 0 saturated heterocycles. The zero-order valence-electron chi connectivity index (χ0n) is 11.1.